The molecule has 3 aliphatic carbocycles. The van der Waals surface area contributed by atoms with E-state index >= 15 is 0 Å². The van der Waals surface area contributed by atoms with Crippen molar-refractivity contribution in [2.24, 2.45) is 0 Å². The van der Waals surface area contributed by atoms with Crippen molar-refractivity contribution in [3.05, 3.63) is 62.2 Å². The Morgan fingerprint density at radius 3 is 1.00 bits per heavy atom. The fourth-order valence-electron chi connectivity index (χ4n) is 3.04. The molecule has 0 spiro atoms. The van der Waals surface area contributed by atoms with E-state index in [0.29, 0.717) is 0 Å². The van der Waals surface area contributed by atoms with Gasteiger partial charge in [0, 0.05) is 17.1 Å². The molecule has 0 atom stereocenters. The van der Waals surface area contributed by atoms with Gasteiger partial charge >= 0.3 is 0 Å². The molecule has 0 nitrogen and oxygen atoms in total. The summed E-state index contributed by atoms with van der Waals surface area (Å²) >= 11 is 0. The van der Waals surface area contributed by atoms with Crippen LogP contribution in [0.1, 0.15) is 51.4 Å². The zero-order valence-corrected chi connectivity index (χ0v) is 12.6. The molecule has 3 fully saturated rings. The SMILES string of the molecule is [CH]1[CH][C]2[CH][C]1CCCC[C]1[CH][CH][C]([CH]1)CCCC2.[Fe]. The predicted octanol–water partition coefficient (Wildman–Crippen LogP) is 4.67. The van der Waals surface area contributed by atoms with Crippen LogP contribution in [0, 0.1) is 62.2 Å². The van der Waals surface area contributed by atoms with Crippen LogP contribution in [-0.4, -0.2) is 0 Å². The molecular weight excluding hydrogens is 272 g/mol. The van der Waals surface area contributed by atoms with Crippen molar-refractivity contribution in [2.75, 3.05) is 0 Å². The maximum atomic E-state index is 2.42. The fraction of sp³-hybridized carbons (Fsp3) is 0.444. The Labute approximate surface area is 131 Å². The first-order valence-electron chi connectivity index (χ1n) is 7.39. The summed E-state index contributed by atoms with van der Waals surface area (Å²) in [6.45, 7) is 0. The minimum Gasteiger partial charge on any atom is -0.0527 e. The van der Waals surface area contributed by atoms with Gasteiger partial charge in [0.1, 0.15) is 0 Å². The number of hydrogen-bond donors (Lipinski definition) is 0. The molecule has 0 aliphatic heterocycles. The van der Waals surface area contributed by atoms with Crippen molar-refractivity contribution in [3.63, 3.8) is 0 Å². The number of fused-ring (bicyclic) bond motifs is 4. The van der Waals surface area contributed by atoms with E-state index in [9.17, 15) is 0 Å². The Hall–Kier alpha value is 0.519. The molecule has 0 aromatic rings. The van der Waals surface area contributed by atoms with Gasteiger partial charge in [0.05, 0.1) is 0 Å². The summed E-state index contributed by atoms with van der Waals surface area (Å²) in [6, 6.07) is 0. The third-order valence-corrected chi connectivity index (χ3v) is 4.13. The van der Waals surface area contributed by atoms with Gasteiger partial charge < -0.3 is 0 Å². The van der Waals surface area contributed by atoms with Crippen molar-refractivity contribution in [1.82, 2.24) is 0 Å². The monoisotopic (exact) mass is 294 g/mol. The minimum absolute atomic E-state index is 0. The van der Waals surface area contributed by atoms with Gasteiger partial charge in [-0.15, -0.1) is 0 Å². The molecular formula is C18H22Fe. The van der Waals surface area contributed by atoms with Crippen molar-refractivity contribution in [3.8, 4) is 0 Å². The topological polar surface area (TPSA) is 0 Å². The Balaban J connectivity index is 0.00000133. The maximum absolute atomic E-state index is 2.42. The average Bonchev–Trinajstić information content (AvgIpc) is 2.99. The van der Waals surface area contributed by atoms with E-state index < -0.39 is 0 Å². The fourth-order valence-corrected chi connectivity index (χ4v) is 3.04. The summed E-state index contributed by atoms with van der Waals surface area (Å²) < 4.78 is 0. The molecule has 0 heterocycles. The smallest absolute Gasteiger partial charge is 0 e. The largest absolute Gasteiger partial charge is 0.0527 e. The van der Waals surface area contributed by atoms with E-state index in [-0.39, 0.29) is 17.1 Å². The Kier molecular flexibility index (Phi) is 6.76. The molecule has 19 heavy (non-hydrogen) atoms. The normalized spacial score (nSPS) is 29.1. The molecule has 0 aromatic carbocycles. The van der Waals surface area contributed by atoms with Crippen LogP contribution in [0.15, 0.2) is 0 Å². The molecule has 10 radical (unpaired) electrons. The van der Waals surface area contributed by atoms with Crippen molar-refractivity contribution in [2.45, 2.75) is 51.4 Å². The summed E-state index contributed by atoms with van der Waals surface area (Å²) in [4.78, 5) is 0. The first-order valence-corrected chi connectivity index (χ1v) is 7.39. The van der Waals surface area contributed by atoms with E-state index in [1.54, 1.807) is 23.7 Å². The maximum Gasteiger partial charge on any atom is 0 e. The molecule has 1 heteroatoms. The van der Waals surface area contributed by atoms with E-state index in [2.05, 4.69) is 38.5 Å². The molecule has 102 valence electrons. The first-order chi connectivity index (χ1) is 8.90. The first kappa shape index (κ1) is 15.9. The molecule has 0 amide bonds. The number of hydrogen-bond acceptors (Lipinski definition) is 0. The van der Waals surface area contributed by atoms with E-state index in [0.717, 1.165) is 0 Å². The van der Waals surface area contributed by atoms with Crippen LogP contribution in [0.5, 0.6) is 0 Å². The Bertz CT molecular complexity index is 200. The van der Waals surface area contributed by atoms with Crippen LogP contribution in [0.25, 0.3) is 0 Å². The quantitative estimate of drug-likeness (QED) is 0.570. The summed E-state index contributed by atoms with van der Waals surface area (Å²) in [6.07, 6.45) is 24.5. The Morgan fingerprint density at radius 1 is 0.474 bits per heavy atom. The number of rotatable bonds is 0. The van der Waals surface area contributed by atoms with Crippen molar-refractivity contribution in [1.29, 1.82) is 0 Å². The van der Waals surface area contributed by atoms with E-state index in [4.69, 9.17) is 0 Å². The Morgan fingerprint density at radius 2 is 0.737 bits per heavy atom. The molecule has 3 rings (SSSR count). The summed E-state index contributed by atoms with van der Waals surface area (Å²) in [5.41, 5.74) is 0. The van der Waals surface area contributed by atoms with Gasteiger partial charge in [-0.05, 0) is 87.9 Å². The summed E-state index contributed by atoms with van der Waals surface area (Å²) in [7, 11) is 0. The third-order valence-electron chi connectivity index (χ3n) is 4.13. The van der Waals surface area contributed by atoms with Gasteiger partial charge in [-0.25, -0.2) is 0 Å². The second-order valence-electron chi connectivity index (χ2n) is 5.67. The molecule has 0 saturated heterocycles. The van der Waals surface area contributed by atoms with Crippen LogP contribution in [0.3, 0.4) is 0 Å². The molecule has 0 unspecified atom stereocenters. The van der Waals surface area contributed by atoms with Gasteiger partial charge in [-0.2, -0.15) is 0 Å². The zero-order chi connectivity index (χ0) is 12.2. The third kappa shape index (κ3) is 4.78. The van der Waals surface area contributed by atoms with Crippen LogP contribution in [-0.2, 0) is 17.1 Å². The van der Waals surface area contributed by atoms with Crippen LogP contribution in [0.2, 0.25) is 0 Å². The van der Waals surface area contributed by atoms with E-state index in [1.165, 1.54) is 51.4 Å². The van der Waals surface area contributed by atoms with Crippen LogP contribution in [0.4, 0.5) is 0 Å². The van der Waals surface area contributed by atoms with Crippen molar-refractivity contribution >= 4 is 0 Å². The molecule has 3 aliphatic rings. The van der Waals surface area contributed by atoms with Gasteiger partial charge in [0.25, 0.3) is 0 Å². The summed E-state index contributed by atoms with van der Waals surface area (Å²) in [5, 5.41) is 0. The van der Waals surface area contributed by atoms with Gasteiger partial charge in [0.2, 0.25) is 0 Å². The minimum atomic E-state index is 0. The molecule has 4 bridgehead atoms. The average molecular weight is 294 g/mol. The van der Waals surface area contributed by atoms with Crippen LogP contribution >= 0.6 is 0 Å². The van der Waals surface area contributed by atoms with Gasteiger partial charge in [0.15, 0.2) is 0 Å². The zero-order valence-electron chi connectivity index (χ0n) is 11.5. The predicted molar refractivity (Wildman–Crippen MR) is 75.7 cm³/mol. The standard InChI is InChI=1S/C18H22.Fe/c1-2-6-16-11-12-18(14-16)8-4-3-7-17-10-9-15(5-1)13-17;/h9-14H,1-8H2;. The second kappa shape index (κ2) is 8.08. The molecule has 0 aromatic heterocycles. The van der Waals surface area contributed by atoms with Gasteiger partial charge in [-0.1, -0.05) is 25.7 Å². The van der Waals surface area contributed by atoms with Gasteiger partial charge in [-0.3, -0.25) is 0 Å². The summed E-state index contributed by atoms with van der Waals surface area (Å²) in [5.74, 6) is 6.19. The molecule has 0 N–H and O–H groups in total. The van der Waals surface area contributed by atoms with Crippen LogP contribution < -0.4 is 0 Å². The van der Waals surface area contributed by atoms with Crippen molar-refractivity contribution < 1.29 is 17.1 Å². The molecule has 3 saturated carbocycles. The second-order valence-corrected chi connectivity index (χ2v) is 5.67. The van der Waals surface area contributed by atoms with E-state index in [1.807, 2.05) is 0 Å².